The minimum absolute atomic E-state index is 0.759. The third kappa shape index (κ3) is 4.28. The van der Waals surface area contributed by atoms with Crippen molar-refractivity contribution in [3.05, 3.63) is 60.2 Å². The van der Waals surface area contributed by atoms with Crippen molar-refractivity contribution in [2.75, 3.05) is 36.0 Å². The number of anilines is 2. The third-order valence-electron chi connectivity index (χ3n) is 6.74. The molecule has 2 saturated heterocycles. The molecule has 2 aliphatic heterocycles. The Morgan fingerprint density at radius 3 is 2.17 bits per heavy atom. The van der Waals surface area contributed by atoms with Crippen molar-refractivity contribution in [1.82, 2.24) is 9.97 Å². The van der Waals surface area contributed by atoms with Gasteiger partial charge in [0.15, 0.2) is 0 Å². The van der Waals surface area contributed by atoms with Crippen LogP contribution < -0.4 is 9.80 Å². The first-order valence-corrected chi connectivity index (χ1v) is 11.7. The van der Waals surface area contributed by atoms with Gasteiger partial charge in [-0.1, -0.05) is 55.3 Å². The van der Waals surface area contributed by atoms with Crippen LogP contribution in [0.2, 0.25) is 0 Å². The van der Waals surface area contributed by atoms with Gasteiger partial charge in [-0.15, -0.1) is 0 Å². The fraction of sp³-hybridized carbons (Fsp3) is 0.462. The largest absolute Gasteiger partial charge is 0.356 e. The molecule has 156 valence electrons. The number of hydrogen-bond donors (Lipinski definition) is 0. The van der Waals surface area contributed by atoms with E-state index in [1.165, 1.54) is 55.9 Å². The summed E-state index contributed by atoms with van der Waals surface area (Å²) in [6, 6.07) is 19.5. The summed E-state index contributed by atoms with van der Waals surface area (Å²) in [7, 11) is 0. The van der Waals surface area contributed by atoms with Crippen molar-refractivity contribution in [2.45, 2.75) is 44.9 Å². The summed E-state index contributed by atoms with van der Waals surface area (Å²) >= 11 is 0. The molecule has 0 bridgehead atoms. The van der Waals surface area contributed by atoms with Crippen molar-refractivity contribution in [2.24, 2.45) is 5.92 Å². The van der Waals surface area contributed by atoms with E-state index in [1.54, 1.807) is 0 Å². The number of hydrogen-bond acceptors (Lipinski definition) is 4. The zero-order valence-electron chi connectivity index (χ0n) is 17.8. The number of rotatable bonds is 4. The molecule has 4 nitrogen and oxygen atoms in total. The van der Waals surface area contributed by atoms with E-state index in [9.17, 15) is 0 Å². The maximum atomic E-state index is 5.14. The van der Waals surface area contributed by atoms with Gasteiger partial charge >= 0.3 is 0 Å². The highest BCUT2D eigenvalue weighted by molar-refractivity contribution is 5.90. The van der Waals surface area contributed by atoms with Crippen LogP contribution in [-0.2, 0) is 6.42 Å². The Morgan fingerprint density at radius 2 is 1.40 bits per heavy atom. The molecular weight excluding hydrogens is 368 g/mol. The van der Waals surface area contributed by atoms with Crippen molar-refractivity contribution < 1.29 is 0 Å². The molecule has 2 aromatic carbocycles. The topological polar surface area (TPSA) is 32.3 Å². The van der Waals surface area contributed by atoms with Gasteiger partial charge in [-0.3, -0.25) is 0 Å². The van der Waals surface area contributed by atoms with Crippen LogP contribution in [-0.4, -0.2) is 36.1 Å². The molecule has 2 fully saturated rings. The molecular formula is C26H32N4. The molecule has 30 heavy (non-hydrogen) atoms. The van der Waals surface area contributed by atoms with E-state index in [2.05, 4.69) is 64.4 Å². The van der Waals surface area contributed by atoms with Crippen molar-refractivity contribution in [1.29, 1.82) is 0 Å². The molecule has 0 unspecified atom stereocenters. The van der Waals surface area contributed by atoms with Gasteiger partial charge < -0.3 is 9.80 Å². The lowest BCUT2D eigenvalue weighted by atomic mass is 9.90. The lowest BCUT2D eigenvalue weighted by molar-refractivity contribution is 0.401. The second kappa shape index (κ2) is 9.03. The molecule has 0 saturated carbocycles. The van der Waals surface area contributed by atoms with E-state index in [0.29, 0.717) is 0 Å². The van der Waals surface area contributed by atoms with E-state index in [1.807, 2.05) is 0 Å². The highest BCUT2D eigenvalue weighted by Crippen LogP contribution is 2.30. The van der Waals surface area contributed by atoms with Gasteiger partial charge in [-0.2, -0.15) is 4.98 Å². The van der Waals surface area contributed by atoms with Crippen LogP contribution in [0.25, 0.3) is 10.9 Å². The summed E-state index contributed by atoms with van der Waals surface area (Å²) in [4.78, 5) is 15.0. The molecule has 0 spiro atoms. The maximum absolute atomic E-state index is 5.14. The van der Waals surface area contributed by atoms with E-state index in [0.717, 1.165) is 49.4 Å². The highest BCUT2D eigenvalue weighted by atomic mass is 15.3. The van der Waals surface area contributed by atoms with Gasteiger partial charge in [0.25, 0.3) is 0 Å². The number of nitrogens with zero attached hydrogens (tertiary/aromatic N) is 4. The molecule has 3 heterocycles. The maximum Gasteiger partial charge on any atom is 0.227 e. The number of piperidine rings is 1. The van der Waals surface area contributed by atoms with Crippen molar-refractivity contribution in [3.63, 3.8) is 0 Å². The number of fused-ring (bicyclic) bond motifs is 1. The average Bonchev–Trinajstić information content (AvgIpc) is 3.09. The normalized spacial score (nSPS) is 18.5. The standard InChI is InChI=1S/C26H32N4/c1-2-9-17-29(16-8-1)25-23-12-6-7-13-24(23)27-26(28-25)30-18-14-22(15-19-30)20-21-10-4-3-5-11-21/h3-7,10-13,22H,1-2,8-9,14-20H2. The molecule has 0 amide bonds. The molecule has 0 N–H and O–H groups in total. The molecule has 0 radical (unpaired) electrons. The third-order valence-corrected chi connectivity index (χ3v) is 6.74. The number of para-hydroxylation sites is 1. The highest BCUT2D eigenvalue weighted by Gasteiger charge is 2.23. The Hall–Kier alpha value is -2.62. The summed E-state index contributed by atoms with van der Waals surface area (Å²) in [6.45, 7) is 4.32. The second-order valence-electron chi connectivity index (χ2n) is 8.89. The Bertz CT molecular complexity index is 955. The summed E-state index contributed by atoms with van der Waals surface area (Å²) in [5, 5.41) is 1.20. The summed E-state index contributed by atoms with van der Waals surface area (Å²) < 4.78 is 0. The predicted molar refractivity (Wildman–Crippen MR) is 125 cm³/mol. The molecule has 0 aliphatic carbocycles. The van der Waals surface area contributed by atoms with Gasteiger partial charge in [0.1, 0.15) is 5.82 Å². The molecule has 0 atom stereocenters. The van der Waals surface area contributed by atoms with Crippen LogP contribution in [0, 0.1) is 5.92 Å². The Morgan fingerprint density at radius 1 is 0.700 bits per heavy atom. The van der Waals surface area contributed by atoms with Crippen LogP contribution in [0.15, 0.2) is 54.6 Å². The first-order valence-electron chi connectivity index (χ1n) is 11.7. The minimum atomic E-state index is 0.759. The first-order chi connectivity index (χ1) is 14.9. The lowest BCUT2D eigenvalue weighted by Crippen LogP contribution is -2.36. The smallest absolute Gasteiger partial charge is 0.227 e. The van der Waals surface area contributed by atoms with Gasteiger partial charge in [0.2, 0.25) is 5.95 Å². The molecule has 4 heteroatoms. The van der Waals surface area contributed by atoms with Crippen LogP contribution >= 0.6 is 0 Å². The molecule has 3 aromatic rings. The van der Waals surface area contributed by atoms with Crippen LogP contribution in [0.3, 0.4) is 0 Å². The SMILES string of the molecule is c1ccc(CC2CCN(c3nc(N4CCCCCC4)c4ccccc4n3)CC2)cc1. The fourth-order valence-electron chi connectivity index (χ4n) is 5.00. The van der Waals surface area contributed by atoms with E-state index < -0.39 is 0 Å². The van der Waals surface area contributed by atoms with Crippen LogP contribution in [0.4, 0.5) is 11.8 Å². The monoisotopic (exact) mass is 400 g/mol. The zero-order chi connectivity index (χ0) is 20.2. The van der Waals surface area contributed by atoms with Crippen LogP contribution in [0.5, 0.6) is 0 Å². The Balaban J connectivity index is 1.35. The summed E-state index contributed by atoms with van der Waals surface area (Å²) in [5.41, 5.74) is 2.54. The first kappa shape index (κ1) is 19.3. The molecule has 2 aliphatic rings. The van der Waals surface area contributed by atoms with Crippen LogP contribution in [0.1, 0.15) is 44.1 Å². The van der Waals surface area contributed by atoms with Gasteiger partial charge in [-0.25, -0.2) is 4.98 Å². The van der Waals surface area contributed by atoms with E-state index in [-0.39, 0.29) is 0 Å². The lowest BCUT2D eigenvalue weighted by Gasteiger charge is -2.33. The quantitative estimate of drug-likeness (QED) is 0.581. The van der Waals surface area contributed by atoms with E-state index in [4.69, 9.17) is 9.97 Å². The van der Waals surface area contributed by atoms with Gasteiger partial charge in [0.05, 0.1) is 5.52 Å². The van der Waals surface area contributed by atoms with Gasteiger partial charge in [0, 0.05) is 31.6 Å². The van der Waals surface area contributed by atoms with E-state index >= 15 is 0 Å². The average molecular weight is 401 g/mol. The second-order valence-corrected chi connectivity index (χ2v) is 8.89. The Kier molecular flexibility index (Phi) is 5.82. The summed E-state index contributed by atoms with van der Waals surface area (Å²) in [6.07, 6.45) is 8.81. The van der Waals surface area contributed by atoms with Crippen molar-refractivity contribution in [3.8, 4) is 0 Å². The number of benzene rings is 2. The predicted octanol–water partition coefficient (Wildman–Crippen LogP) is 5.47. The summed E-state index contributed by atoms with van der Waals surface area (Å²) in [5.74, 6) is 2.82. The molecule has 1 aromatic heterocycles. The zero-order valence-corrected chi connectivity index (χ0v) is 17.8. The minimum Gasteiger partial charge on any atom is -0.356 e. The van der Waals surface area contributed by atoms with Gasteiger partial charge in [-0.05, 0) is 55.7 Å². The number of aromatic nitrogens is 2. The Labute approximate surface area is 179 Å². The van der Waals surface area contributed by atoms with Crippen molar-refractivity contribution >= 4 is 22.7 Å². The fourth-order valence-corrected chi connectivity index (χ4v) is 5.00. The molecule has 5 rings (SSSR count).